The molecule has 0 saturated heterocycles. The summed E-state index contributed by atoms with van der Waals surface area (Å²) in [6.07, 6.45) is 5.83. The van der Waals surface area contributed by atoms with Crippen LogP contribution in [0.5, 0.6) is 0 Å². The van der Waals surface area contributed by atoms with Gasteiger partial charge in [0.1, 0.15) is 0 Å². The molecule has 1 heteroatoms. The highest BCUT2D eigenvalue weighted by Crippen LogP contribution is 2.11. The zero-order valence-corrected chi connectivity index (χ0v) is 9.96. The van der Waals surface area contributed by atoms with Crippen LogP contribution in [0.3, 0.4) is 0 Å². The molecule has 0 fully saturated rings. The van der Waals surface area contributed by atoms with Crippen LogP contribution in [0.4, 0.5) is 0 Å². The molecule has 0 spiro atoms. The molecule has 0 amide bonds. The normalized spacial score (nSPS) is 13.0. The van der Waals surface area contributed by atoms with Crippen molar-refractivity contribution in [3.8, 4) is 0 Å². The fourth-order valence-electron chi connectivity index (χ4n) is 1.13. The minimum atomic E-state index is 0.438. The first-order valence-corrected chi connectivity index (χ1v) is 5.00. The van der Waals surface area contributed by atoms with Gasteiger partial charge < -0.3 is 0 Å². The summed E-state index contributed by atoms with van der Waals surface area (Å²) in [5.41, 5.74) is 3.40. The average molecular weight is 191 g/mol. The quantitative estimate of drug-likeness (QED) is 0.468. The molecule has 0 unspecified atom stereocenters. The van der Waals surface area contributed by atoms with Gasteiger partial charge in [-0.05, 0) is 38.8 Å². The van der Waals surface area contributed by atoms with Crippen molar-refractivity contribution in [2.45, 2.75) is 34.6 Å². The summed E-state index contributed by atoms with van der Waals surface area (Å²) < 4.78 is 0. The fourth-order valence-corrected chi connectivity index (χ4v) is 1.13. The lowest BCUT2D eigenvalue weighted by Gasteiger charge is -2.05. The topological polar surface area (TPSA) is 12.4 Å². The average Bonchev–Trinajstić information content (AvgIpc) is 2.01. The van der Waals surface area contributed by atoms with Crippen LogP contribution >= 0.6 is 0 Å². The first-order valence-electron chi connectivity index (χ1n) is 5.00. The third kappa shape index (κ3) is 5.52. The molecule has 0 saturated carbocycles. The monoisotopic (exact) mass is 191 g/mol. The van der Waals surface area contributed by atoms with Crippen molar-refractivity contribution in [2.75, 3.05) is 0 Å². The first-order chi connectivity index (χ1) is 6.47. The molecule has 0 aromatic rings. The van der Waals surface area contributed by atoms with Crippen molar-refractivity contribution in [3.05, 3.63) is 36.1 Å². The van der Waals surface area contributed by atoms with Crippen molar-refractivity contribution < 1.29 is 0 Å². The van der Waals surface area contributed by atoms with Crippen LogP contribution in [0, 0.1) is 5.92 Å². The summed E-state index contributed by atoms with van der Waals surface area (Å²) in [5.74, 6) is 0.438. The van der Waals surface area contributed by atoms with Crippen LogP contribution in [-0.4, -0.2) is 5.71 Å². The minimum absolute atomic E-state index is 0.438. The Hall–Kier alpha value is -1.11. The lowest BCUT2D eigenvalue weighted by atomic mass is 10.1. The van der Waals surface area contributed by atoms with Crippen LogP contribution in [0.2, 0.25) is 0 Å². The van der Waals surface area contributed by atoms with Crippen LogP contribution in [0.1, 0.15) is 34.6 Å². The molecule has 0 aliphatic rings. The molecule has 14 heavy (non-hydrogen) atoms. The number of allylic oxidation sites excluding steroid dienone is 5. The van der Waals surface area contributed by atoms with E-state index < -0.39 is 0 Å². The molecule has 0 rings (SSSR count). The van der Waals surface area contributed by atoms with E-state index in [0.717, 1.165) is 11.4 Å². The maximum absolute atomic E-state index is 4.54. The number of hydrogen-bond donors (Lipinski definition) is 0. The molecule has 0 heterocycles. The van der Waals surface area contributed by atoms with E-state index in [1.54, 1.807) is 6.08 Å². The number of hydrogen-bond acceptors (Lipinski definition) is 1. The van der Waals surface area contributed by atoms with E-state index in [2.05, 4.69) is 45.3 Å². The van der Waals surface area contributed by atoms with Crippen LogP contribution in [0.25, 0.3) is 0 Å². The summed E-state index contributed by atoms with van der Waals surface area (Å²) in [5, 5.41) is 0. The van der Waals surface area contributed by atoms with E-state index in [0.29, 0.717) is 5.92 Å². The molecule has 0 aliphatic carbocycles. The van der Waals surface area contributed by atoms with E-state index in [-0.39, 0.29) is 0 Å². The Bertz CT molecular complexity index is 274. The van der Waals surface area contributed by atoms with Crippen LogP contribution in [0.15, 0.2) is 41.1 Å². The van der Waals surface area contributed by atoms with Crippen molar-refractivity contribution in [1.29, 1.82) is 0 Å². The lowest BCUT2D eigenvalue weighted by Crippen LogP contribution is -1.95. The van der Waals surface area contributed by atoms with Gasteiger partial charge in [0, 0.05) is 11.4 Å². The van der Waals surface area contributed by atoms with Gasteiger partial charge in [0.25, 0.3) is 0 Å². The fraction of sp³-hybridized carbons (Fsp3) is 0.462. The van der Waals surface area contributed by atoms with Gasteiger partial charge in [-0.2, -0.15) is 0 Å². The molecule has 0 N–H and O–H groups in total. The minimum Gasteiger partial charge on any atom is -0.258 e. The van der Waals surface area contributed by atoms with Crippen molar-refractivity contribution in [2.24, 2.45) is 10.9 Å². The molecule has 0 aromatic carbocycles. The number of nitrogens with zero attached hydrogens (tertiary/aromatic N) is 1. The Labute approximate surface area is 87.9 Å². The Kier molecular flexibility index (Phi) is 5.86. The molecule has 0 bridgehead atoms. The maximum atomic E-state index is 4.54. The van der Waals surface area contributed by atoms with Crippen LogP contribution in [-0.2, 0) is 0 Å². The highest BCUT2D eigenvalue weighted by molar-refractivity contribution is 5.94. The summed E-state index contributed by atoms with van der Waals surface area (Å²) in [4.78, 5) is 4.54. The smallest absolute Gasteiger partial charge is 0.0431 e. The highest BCUT2D eigenvalue weighted by Gasteiger charge is 1.99. The van der Waals surface area contributed by atoms with Crippen LogP contribution < -0.4 is 0 Å². The van der Waals surface area contributed by atoms with Gasteiger partial charge in [0.2, 0.25) is 0 Å². The van der Waals surface area contributed by atoms with Crippen molar-refractivity contribution >= 4 is 5.71 Å². The van der Waals surface area contributed by atoms with Gasteiger partial charge in [0.15, 0.2) is 0 Å². The zero-order valence-electron chi connectivity index (χ0n) is 9.96. The van der Waals surface area contributed by atoms with Gasteiger partial charge in [-0.25, -0.2) is 0 Å². The second-order valence-corrected chi connectivity index (χ2v) is 3.96. The van der Waals surface area contributed by atoms with Gasteiger partial charge in [-0.1, -0.05) is 32.1 Å². The lowest BCUT2D eigenvalue weighted by molar-refractivity contribution is 0.758. The maximum Gasteiger partial charge on any atom is 0.0431 e. The van der Waals surface area contributed by atoms with E-state index >= 15 is 0 Å². The van der Waals surface area contributed by atoms with E-state index in [1.807, 2.05) is 13.0 Å². The number of rotatable bonds is 4. The molecule has 0 aromatic heterocycles. The third-order valence-corrected chi connectivity index (χ3v) is 1.68. The predicted molar refractivity (Wildman–Crippen MR) is 65.7 cm³/mol. The molecule has 0 aliphatic heterocycles. The van der Waals surface area contributed by atoms with Crippen molar-refractivity contribution in [3.63, 3.8) is 0 Å². The summed E-state index contributed by atoms with van der Waals surface area (Å²) >= 11 is 0. The summed E-state index contributed by atoms with van der Waals surface area (Å²) in [7, 11) is 0. The summed E-state index contributed by atoms with van der Waals surface area (Å²) in [6, 6.07) is 0. The van der Waals surface area contributed by atoms with E-state index in [1.165, 1.54) is 5.57 Å². The second kappa shape index (κ2) is 6.36. The Morgan fingerprint density at radius 2 is 1.79 bits per heavy atom. The van der Waals surface area contributed by atoms with Gasteiger partial charge in [0.05, 0.1) is 0 Å². The molecule has 0 radical (unpaired) electrons. The van der Waals surface area contributed by atoms with E-state index in [4.69, 9.17) is 0 Å². The Morgan fingerprint density at radius 3 is 2.14 bits per heavy atom. The van der Waals surface area contributed by atoms with Gasteiger partial charge in [-0.3, -0.25) is 4.99 Å². The Morgan fingerprint density at radius 1 is 1.21 bits per heavy atom. The molecule has 78 valence electrons. The zero-order chi connectivity index (χ0) is 11.1. The predicted octanol–water partition coefficient (Wildman–Crippen LogP) is 4.14. The molecule has 1 nitrogen and oxygen atoms in total. The molecular formula is C13H21N. The first kappa shape index (κ1) is 12.9. The highest BCUT2D eigenvalue weighted by atomic mass is 14.8. The Balaban J connectivity index is 4.82. The van der Waals surface area contributed by atoms with E-state index in [9.17, 15) is 0 Å². The second-order valence-electron chi connectivity index (χ2n) is 3.96. The largest absolute Gasteiger partial charge is 0.258 e. The SMILES string of the molecule is C=C/C=C(/N=C(C)C=C(C)C)C(C)C. The van der Waals surface area contributed by atoms with Gasteiger partial charge >= 0.3 is 0 Å². The van der Waals surface area contributed by atoms with Gasteiger partial charge in [-0.15, -0.1) is 0 Å². The molecule has 0 atom stereocenters. The van der Waals surface area contributed by atoms with Crippen molar-refractivity contribution in [1.82, 2.24) is 0 Å². The summed E-state index contributed by atoms with van der Waals surface area (Å²) in [6.45, 7) is 14.1. The third-order valence-electron chi connectivity index (χ3n) is 1.68. The molecular weight excluding hydrogens is 170 g/mol. The number of aliphatic imine (C=N–C) groups is 1. The standard InChI is InChI=1S/C13H21N/c1-7-8-13(11(4)5)14-12(6)9-10(2)3/h7-9,11H,1H2,2-6H3/b13-8+,14-12?.